The maximum atomic E-state index is 13.3. The molecule has 150 valence electrons. The van der Waals surface area contributed by atoms with Crippen LogP contribution in [0.15, 0.2) is 47.6 Å². The number of nitrogens with zero attached hydrogens (tertiary/aromatic N) is 3. The Morgan fingerprint density at radius 2 is 1.97 bits per heavy atom. The van der Waals surface area contributed by atoms with Crippen LogP contribution >= 0.6 is 23.4 Å². The van der Waals surface area contributed by atoms with E-state index in [-0.39, 0.29) is 11.9 Å². The number of benzene rings is 2. The minimum Gasteiger partial charge on any atom is -0.497 e. The monoisotopic (exact) mass is 429 g/mol. The van der Waals surface area contributed by atoms with E-state index in [0.717, 1.165) is 22.7 Å². The van der Waals surface area contributed by atoms with Crippen LogP contribution in [0.1, 0.15) is 23.0 Å². The number of carbonyl (C=O) groups is 1. The van der Waals surface area contributed by atoms with Gasteiger partial charge in [0, 0.05) is 10.7 Å². The van der Waals surface area contributed by atoms with Gasteiger partial charge in [-0.15, -0.1) is 10.2 Å². The lowest BCUT2D eigenvalue weighted by atomic mass is 10.0. The lowest BCUT2D eigenvalue weighted by Gasteiger charge is -2.33. The summed E-state index contributed by atoms with van der Waals surface area (Å²) in [7, 11) is 1.63. The molecule has 1 aliphatic heterocycles. The number of nitrogens with one attached hydrogen (secondary N) is 2. The molecule has 1 aromatic heterocycles. The lowest BCUT2D eigenvalue weighted by Crippen LogP contribution is -2.41. The van der Waals surface area contributed by atoms with Crippen LogP contribution in [0.5, 0.6) is 5.75 Å². The summed E-state index contributed by atoms with van der Waals surface area (Å²) in [5.74, 6) is 1.35. The minimum absolute atomic E-state index is 0.138. The van der Waals surface area contributed by atoms with E-state index >= 15 is 0 Å². The fraction of sp³-hybridized carbons (Fsp3) is 0.250. The summed E-state index contributed by atoms with van der Waals surface area (Å²) in [5.41, 5.74) is 5.98. The molecule has 0 radical (unpaired) electrons. The molecule has 0 bridgehead atoms. The van der Waals surface area contributed by atoms with Gasteiger partial charge in [0.15, 0.2) is 0 Å². The van der Waals surface area contributed by atoms with Crippen molar-refractivity contribution >= 4 is 35.0 Å². The third-order valence-electron chi connectivity index (χ3n) is 4.79. The van der Waals surface area contributed by atoms with Crippen molar-refractivity contribution in [3.8, 4) is 5.75 Å². The second-order valence-corrected chi connectivity index (χ2v) is 8.28. The smallest absolute Gasteiger partial charge is 0.240 e. The topological polar surface area (TPSA) is 81.1 Å². The van der Waals surface area contributed by atoms with E-state index in [1.165, 1.54) is 11.8 Å². The number of thioether (sulfide) groups is 1. The standard InChI is InChI=1S/C20H20ClN5O2S/c1-11-4-7-14(21)10-16(11)22-19(27)18-17(13-5-8-15(28-3)9-6-13)25-26-12(2)23-24-20(26)29-18/h4-10,17-18,25H,1-3H3,(H,22,27)/t17-,18+/m1/s1. The summed E-state index contributed by atoms with van der Waals surface area (Å²) >= 11 is 7.49. The van der Waals surface area contributed by atoms with Crippen LogP contribution in [0.3, 0.4) is 0 Å². The molecule has 1 amide bonds. The molecule has 2 heterocycles. The molecular weight excluding hydrogens is 410 g/mol. The van der Waals surface area contributed by atoms with Crippen molar-refractivity contribution in [3.05, 3.63) is 64.4 Å². The largest absolute Gasteiger partial charge is 0.497 e. The second kappa shape index (κ2) is 7.96. The van der Waals surface area contributed by atoms with Gasteiger partial charge in [0.25, 0.3) is 0 Å². The van der Waals surface area contributed by atoms with Crippen molar-refractivity contribution in [3.63, 3.8) is 0 Å². The van der Waals surface area contributed by atoms with Gasteiger partial charge in [-0.3, -0.25) is 4.79 Å². The zero-order valence-corrected chi connectivity index (χ0v) is 17.7. The number of ether oxygens (including phenoxy) is 1. The molecular formula is C20H20ClN5O2S. The Bertz CT molecular complexity index is 1050. The molecule has 0 saturated carbocycles. The van der Waals surface area contributed by atoms with Gasteiger partial charge in [0.2, 0.25) is 11.1 Å². The van der Waals surface area contributed by atoms with Gasteiger partial charge in [-0.25, -0.2) is 4.68 Å². The Hall–Kier alpha value is -2.71. The van der Waals surface area contributed by atoms with Crippen molar-refractivity contribution in [2.75, 3.05) is 17.9 Å². The van der Waals surface area contributed by atoms with Gasteiger partial charge >= 0.3 is 0 Å². The van der Waals surface area contributed by atoms with Gasteiger partial charge in [-0.1, -0.05) is 41.6 Å². The number of anilines is 1. The fourth-order valence-electron chi connectivity index (χ4n) is 3.15. The SMILES string of the molecule is COc1ccc([C@H]2Nn3c(C)nnc3S[C@@H]2C(=O)Nc2cc(Cl)ccc2C)cc1. The molecule has 0 fully saturated rings. The normalized spacial score (nSPS) is 17.9. The van der Waals surface area contributed by atoms with Crippen LogP contribution in [-0.2, 0) is 4.79 Å². The summed E-state index contributed by atoms with van der Waals surface area (Å²) in [6.07, 6.45) is 0. The summed E-state index contributed by atoms with van der Waals surface area (Å²) in [6, 6.07) is 12.8. The highest BCUT2D eigenvalue weighted by Gasteiger charge is 2.37. The second-order valence-electron chi connectivity index (χ2n) is 6.73. The zero-order valence-electron chi connectivity index (χ0n) is 16.1. The molecule has 2 aromatic carbocycles. The highest BCUT2D eigenvalue weighted by atomic mass is 35.5. The van der Waals surface area contributed by atoms with Crippen molar-refractivity contribution < 1.29 is 9.53 Å². The number of hydrogen-bond donors (Lipinski definition) is 2. The molecule has 0 saturated heterocycles. The number of fused-ring (bicyclic) bond motifs is 1. The summed E-state index contributed by atoms with van der Waals surface area (Å²) in [6.45, 7) is 3.80. The number of aromatic nitrogens is 3. The quantitative estimate of drug-likeness (QED) is 0.653. The number of rotatable bonds is 4. The average Bonchev–Trinajstić information content (AvgIpc) is 3.10. The first kappa shape index (κ1) is 19.6. The number of amides is 1. The molecule has 9 heteroatoms. The molecule has 2 N–H and O–H groups in total. The van der Waals surface area contributed by atoms with Crippen molar-refractivity contribution in [2.45, 2.75) is 30.3 Å². The maximum absolute atomic E-state index is 13.3. The van der Waals surface area contributed by atoms with Crippen LogP contribution in [0, 0.1) is 13.8 Å². The maximum Gasteiger partial charge on any atom is 0.240 e. The molecule has 7 nitrogen and oxygen atoms in total. The van der Waals surface area contributed by atoms with E-state index in [1.807, 2.05) is 48.9 Å². The molecule has 4 rings (SSSR count). The Morgan fingerprint density at radius 1 is 1.21 bits per heavy atom. The number of aryl methyl sites for hydroxylation is 2. The van der Waals surface area contributed by atoms with Crippen LogP contribution in [0.4, 0.5) is 5.69 Å². The third kappa shape index (κ3) is 3.90. The van der Waals surface area contributed by atoms with Crippen molar-refractivity contribution in [1.82, 2.24) is 14.9 Å². The average molecular weight is 430 g/mol. The van der Waals surface area contributed by atoms with Gasteiger partial charge in [-0.05, 0) is 49.2 Å². The molecule has 1 aliphatic rings. The van der Waals surface area contributed by atoms with Crippen LogP contribution < -0.4 is 15.5 Å². The van der Waals surface area contributed by atoms with Crippen LogP contribution in [0.25, 0.3) is 0 Å². The first-order valence-electron chi connectivity index (χ1n) is 9.02. The number of hydrogen-bond acceptors (Lipinski definition) is 6. The number of carbonyl (C=O) groups excluding carboxylic acids is 1. The summed E-state index contributed by atoms with van der Waals surface area (Å²) in [5, 5.41) is 12.1. The molecule has 29 heavy (non-hydrogen) atoms. The highest BCUT2D eigenvalue weighted by molar-refractivity contribution is 8.00. The van der Waals surface area contributed by atoms with Crippen molar-refractivity contribution in [1.29, 1.82) is 0 Å². The van der Waals surface area contributed by atoms with E-state index in [1.54, 1.807) is 19.2 Å². The third-order valence-corrected chi connectivity index (χ3v) is 6.24. The van der Waals surface area contributed by atoms with Crippen molar-refractivity contribution in [2.24, 2.45) is 0 Å². The van der Waals surface area contributed by atoms with E-state index in [0.29, 0.717) is 15.9 Å². The fourth-order valence-corrected chi connectivity index (χ4v) is 4.45. The Morgan fingerprint density at radius 3 is 2.69 bits per heavy atom. The first-order chi connectivity index (χ1) is 14.0. The molecule has 0 aliphatic carbocycles. The van der Waals surface area contributed by atoms with Crippen LogP contribution in [-0.4, -0.2) is 33.1 Å². The zero-order chi connectivity index (χ0) is 20.5. The summed E-state index contributed by atoms with van der Waals surface area (Å²) in [4.78, 5) is 13.3. The molecule has 0 spiro atoms. The minimum atomic E-state index is -0.460. The van der Waals surface area contributed by atoms with E-state index in [4.69, 9.17) is 16.3 Å². The summed E-state index contributed by atoms with van der Waals surface area (Å²) < 4.78 is 7.07. The van der Waals surface area contributed by atoms with E-state index in [2.05, 4.69) is 20.9 Å². The van der Waals surface area contributed by atoms with Crippen LogP contribution in [0.2, 0.25) is 5.02 Å². The highest BCUT2D eigenvalue weighted by Crippen LogP contribution is 2.38. The van der Waals surface area contributed by atoms with E-state index < -0.39 is 5.25 Å². The Labute approximate surface area is 177 Å². The van der Waals surface area contributed by atoms with Gasteiger partial charge < -0.3 is 15.5 Å². The number of methoxy groups -OCH3 is 1. The Kier molecular flexibility index (Phi) is 5.38. The first-order valence-corrected chi connectivity index (χ1v) is 10.3. The predicted octanol–water partition coefficient (Wildman–Crippen LogP) is 3.95. The molecule has 2 atom stereocenters. The Balaban J connectivity index is 1.67. The predicted molar refractivity (Wildman–Crippen MR) is 114 cm³/mol. The molecule has 0 unspecified atom stereocenters. The van der Waals surface area contributed by atoms with E-state index in [9.17, 15) is 4.79 Å². The molecule has 3 aromatic rings. The van der Waals surface area contributed by atoms with Gasteiger partial charge in [0.1, 0.15) is 16.8 Å². The lowest BCUT2D eigenvalue weighted by molar-refractivity contribution is -0.116. The number of halogens is 1. The van der Waals surface area contributed by atoms with Gasteiger partial charge in [-0.2, -0.15) is 0 Å². The van der Waals surface area contributed by atoms with Gasteiger partial charge in [0.05, 0.1) is 13.2 Å².